The summed E-state index contributed by atoms with van der Waals surface area (Å²) in [6, 6.07) is 14.6. The Morgan fingerprint density at radius 1 is 0.481 bits per heavy atom. The molecule has 11 atom stereocenters. The van der Waals surface area contributed by atoms with Crippen LogP contribution in [0.1, 0.15) is 102 Å². The first kappa shape index (κ1) is 86.7. The number of urea groups is 1. The molecule has 108 heavy (non-hydrogen) atoms. The van der Waals surface area contributed by atoms with E-state index in [1.54, 1.807) is 74.1 Å². The van der Waals surface area contributed by atoms with Gasteiger partial charge in [-0.15, -0.1) is 0 Å². The smallest absolute Gasteiger partial charge is 0.394 e. The molecule has 0 radical (unpaired) electrons. The first-order valence-electron chi connectivity index (χ1n) is 35.4. The van der Waals surface area contributed by atoms with E-state index in [4.69, 9.17) is 28.7 Å². The summed E-state index contributed by atoms with van der Waals surface area (Å²) in [6.45, 7) is 6.34. The van der Waals surface area contributed by atoms with Crippen LogP contribution in [0.15, 0.2) is 103 Å². The van der Waals surface area contributed by atoms with Gasteiger partial charge in [-0.1, -0.05) is 62.7 Å². The fourth-order valence-corrected chi connectivity index (χ4v) is 14.7. The third-order valence-electron chi connectivity index (χ3n) is 17.7. The van der Waals surface area contributed by atoms with Crippen LogP contribution in [0, 0.1) is 11.8 Å². The molecular weight excluding hydrogens is 1530 g/mol. The molecule has 24 N–H and O–H groups in total. The Bertz CT molecular complexity index is 4170. The molecule has 6 rings (SSSR count). The summed E-state index contributed by atoms with van der Waals surface area (Å²) in [5.74, 6) is -12.0. The number of rotatable bonds is 43. The van der Waals surface area contributed by atoms with Crippen molar-refractivity contribution < 1.29 is 72.2 Å². The number of benzene rings is 4. The molecule has 6 aromatic rings. The Kier molecular flexibility index (Phi) is 34.5. The summed E-state index contributed by atoms with van der Waals surface area (Å²) in [6.07, 6.45) is 4.56. The molecule has 0 bridgehead atoms. The van der Waals surface area contributed by atoms with E-state index in [1.807, 2.05) is 72.2 Å². The molecule has 0 fully saturated rings. The van der Waals surface area contributed by atoms with Crippen molar-refractivity contribution in [3.63, 3.8) is 0 Å². The van der Waals surface area contributed by atoms with Crippen molar-refractivity contribution in [3.8, 4) is 0 Å². The van der Waals surface area contributed by atoms with Crippen molar-refractivity contribution in [1.82, 2.24) is 68.5 Å². The number of aliphatic hydroxyl groups excluding tert-OH is 1. The summed E-state index contributed by atoms with van der Waals surface area (Å²) in [5, 5.41) is 38.5. The minimum atomic E-state index is -2.64. The molecule has 2 heterocycles. The average molecular weight is 1630 g/mol. The zero-order valence-corrected chi connectivity index (χ0v) is 64.2. The number of nitrogens with one attached hydrogen (secondary N) is 13. The van der Waals surface area contributed by atoms with Gasteiger partial charge in [0.15, 0.2) is 0 Å². The van der Waals surface area contributed by atoms with Crippen LogP contribution in [0.25, 0.3) is 32.6 Å². The Morgan fingerprint density at radius 3 is 1.53 bits per heavy atom. The van der Waals surface area contributed by atoms with E-state index in [0.29, 0.717) is 36.8 Å². The van der Waals surface area contributed by atoms with Crippen molar-refractivity contribution in [2.45, 2.75) is 163 Å². The Balaban J connectivity index is 1.18. The van der Waals surface area contributed by atoms with E-state index in [1.165, 1.54) is 0 Å². The van der Waals surface area contributed by atoms with Gasteiger partial charge in [0, 0.05) is 23.0 Å². The molecule has 15 amide bonds. The van der Waals surface area contributed by atoms with Crippen molar-refractivity contribution in [3.05, 3.63) is 120 Å². The Hall–Kier alpha value is -10.2. The van der Waals surface area contributed by atoms with Crippen LogP contribution in [0.2, 0.25) is 0 Å². The normalized spacial score (nSPS) is 14.5. The molecule has 0 unspecified atom stereocenters. The van der Waals surface area contributed by atoms with Gasteiger partial charge in [-0.05, 0) is 49.2 Å². The third kappa shape index (κ3) is 26.3. The summed E-state index contributed by atoms with van der Waals surface area (Å²) < 4.78 is -1.33. The second-order valence-electron chi connectivity index (χ2n) is 26.7. The third-order valence-corrected chi connectivity index (χ3v) is 21.9. The van der Waals surface area contributed by atoms with Crippen molar-refractivity contribution >= 4 is 146 Å². The van der Waals surface area contributed by atoms with Crippen LogP contribution in [0.3, 0.4) is 0 Å². The molecule has 586 valence electrons. The van der Waals surface area contributed by atoms with Crippen molar-refractivity contribution in [2.75, 3.05) is 29.6 Å². The molecule has 0 aliphatic rings. The van der Waals surface area contributed by atoms with Gasteiger partial charge in [-0.3, -0.25) is 34.1 Å². The Labute approximate surface area is 636 Å². The standard InChI is InChI=1S/C73H101IN18O15S/c1-7-18-50(63(98)86-56(38-93)68(103)92-72(106)87-52(26-15-17-30-76)65(100)84-53(60(78)95)35-57(77)94)82-66(101)54(33-41-27-28-42-19-8-9-20-43(42)32-41)88-73(107)108-71(61(79)96)91-70(105)59(74(5)6)90-67(102)55(34-45-37-81-49-24-13-11-22-47(45)49)85-64(99)51(25-14-16-29-75)83-69(104)58(39(2)3)89-62(97)40(4)31-44-36-80-48-23-12-10-21-46(44)48/h8-13,19-24,27-28,32,36-37,39-40,50-56,58-59,71,80-81,93H,7,14-18,25-26,29-31,33-35,38,75-76H2,1-6H3,(H2,77,94)(H2,78,95)(H2,79,96)(H,82,101)(H,83,104)(H,84,100)(H,85,99)(H,86,98)(H,88,107)(H,89,97)(H,90,102)(H,91,105)(H2,87,92,103,106)/t40-,50-,51-,52-,53-,54-,55-,56-,58+,59+,71-/m0/s1. The topological polar surface area (TPSA) is 553 Å². The van der Waals surface area contributed by atoms with Gasteiger partial charge < -0.3 is 43.2 Å². The number of amides is 15. The number of carbonyl (C=O) groups excluding carboxylic acids is 14. The van der Waals surface area contributed by atoms with Crippen LogP contribution >= 0.6 is 31.6 Å². The van der Waals surface area contributed by atoms with Crippen LogP contribution in [0.5, 0.6) is 0 Å². The van der Waals surface area contributed by atoms with Crippen molar-refractivity contribution in [1.29, 1.82) is 0 Å². The van der Waals surface area contributed by atoms with Gasteiger partial charge in [-0.25, -0.2) is 4.79 Å². The fraction of sp³-hybridized carbons (Fsp3) is 0.452. The SMILES string of the molecule is CCC[C@H](NC(=O)[C@H](Cc1ccc2ccccc2c1)NC(=O)S[C@H](NC(=O)[C@@H](NC(=O)[C@H](Cc1c[nH]c2ccccc12)NC(=O)[C@H](CCCCN)NC(=O)[C@H](NC(=O)[C@@H](C)Cc1c[nH]c2ccccc12)C(C)C)I(C)C)C(N)=O)C(=O)N[C@@H](CO)C(=O)NC(=O)N[C@@H](CCCCN)C(=O)N[C@@H](CC(N)=O)C(N)=O. The first-order valence-corrected chi connectivity index (χ1v) is 41.9. The zero-order valence-electron chi connectivity index (χ0n) is 61.2. The predicted molar refractivity (Wildman–Crippen MR) is 417 cm³/mol. The number of hydrogen-bond donors (Lipinski definition) is 19. The zero-order chi connectivity index (χ0) is 79.3. The van der Waals surface area contributed by atoms with E-state index in [0.717, 1.165) is 38.1 Å². The summed E-state index contributed by atoms with van der Waals surface area (Å²) >= 11 is -2.44. The number of imide groups is 1. The molecule has 35 heteroatoms. The maximum absolute atomic E-state index is 14.9. The van der Waals surface area contributed by atoms with Crippen molar-refractivity contribution in [2.24, 2.45) is 40.5 Å². The number of alkyl halides is 3. The number of halogens is 1. The monoisotopic (exact) mass is 1630 g/mol. The molecule has 33 nitrogen and oxygen atoms in total. The van der Waals surface area contributed by atoms with E-state index in [-0.39, 0.29) is 75.7 Å². The molecule has 2 aromatic heterocycles. The number of thioether (sulfide) groups is 1. The van der Waals surface area contributed by atoms with E-state index >= 15 is 0 Å². The second-order valence-corrected chi connectivity index (χ2v) is 33.6. The minimum absolute atomic E-state index is 0.0685. The molecule has 4 aromatic carbocycles. The number of aliphatic hydroxyl groups is 1. The number of aromatic amines is 2. The van der Waals surface area contributed by atoms with Crippen LogP contribution in [0.4, 0.5) is 9.59 Å². The molecule has 0 saturated carbocycles. The molecular formula is C73H101IN18O15S. The summed E-state index contributed by atoms with van der Waals surface area (Å²) in [5.41, 5.74) is 31.6. The molecule has 0 saturated heterocycles. The predicted octanol–water partition coefficient (Wildman–Crippen LogP) is 0.584. The summed E-state index contributed by atoms with van der Waals surface area (Å²) in [4.78, 5) is 202. The molecule has 0 aliphatic heterocycles. The quantitative estimate of drug-likeness (QED) is 0.00819. The second kappa shape index (κ2) is 42.9. The van der Waals surface area contributed by atoms with Gasteiger partial charge in [0.05, 0.1) is 13.0 Å². The number of H-pyrrole nitrogens is 2. The Morgan fingerprint density at radius 2 is 0.981 bits per heavy atom. The van der Waals surface area contributed by atoms with Crippen LogP contribution in [-0.2, 0) is 76.8 Å². The average Bonchev–Trinajstić information content (AvgIpc) is 1.61. The van der Waals surface area contributed by atoms with Gasteiger partial charge in [-0.2, -0.15) is 0 Å². The number of nitrogens with two attached hydrogens (primary N) is 5. The van der Waals surface area contributed by atoms with Gasteiger partial charge in [0.2, 0.25) is 17.7 Å². The molecule has 0 aliphatic carbocycles. The van der Waals surface area contributed by atoms with E-state index in [9.17, 15) is 72.2 Å². The number of hydrogen-bond acceptors (Lipinski definition) is 18. The minimum Gasteiger partial charge on any atom is -0.394 e. The number of carbonyl (C=O) groups is 14. The van der Waals surface area contributed by atoms with Crippen LogP contribution < -0.4 is 87.2 Å². The number of primary amides is 3. The maximum atomic E-state index is 14.9. The first-order chi connectivity index (χ1) is 51.4. The number of unbranched alkanes of at least 4 members (excludes halogenated alkanes) is 2. The van der Waals surface area contributed by atoms with E-state index < -0.39 is 179 Å². The van der Waals surface area contributed by atoms with Crippen LogP contribution in [-0.4, -0.2) is 185 Å². The number of para-hydroxylation sites is 2. The summed E-state index contributed by atoms with van der Waals surface area (Å²) in [7, 11) is 0. The fourth-order valence-electron chi connectivity index (χ4n) is 11.8. The van der Waals surface area contributed by atoms with Gasteiger partial charge in [0.25, 0.3) is 5.91 Å². The van der Waals surface area contributed by atoms with Gasteiger partial charge >= 0.3 is 368 Å². The van der Waals surface area contributed by atoms with E-state index in [2.05, 4.69) is 63.1 Å². The number of aromatic nitrogens is 2. The van der Waals surface area contributed by atoms with Gasteiger partial charge in [0.1, 0.15) is 18.1 Å². The molecule has 0 spiro atoms. The number of fused-ring (bicyclic) bond motifs is 3.